The maximum absolute atomic E-state index is 5.15. The highest BCUT2D eigenvalue weighted by molar-refractivity contribution is 5.95. The second-order valence-electron chi connectivity index (χ2n) is 8.04. The number of nitrogens with zero attached hydrogens (tertiary/aromatic N) is 5. The van der Waals surface area contributed by atoms with E-state index in [1.807, 2.05) is 22.6 Å². The highest BCUT2D eigenvalue weighted by Gasteiger charge is 2.22. The van der Waals surface area contributed by atoms with Crippen LogP contribution >= 0.6 is 0 Å². The summed E-state index contributed by atoms with van der Waals surface area (Å²) in [6.45, 7) is 10.3. The highest BCUT2D eigenvalue weighted by atomic mass is 15.3. The molecule has 1 aliphatic heterocycles. The lowest BCUT2D eigenvalue weighted by Crippen LogP contribution is -2.22. The lowest BCUT2D eigenvalue weighted by Gasteiger charge is -2.22. The van der Waals surface area contributed by atoms with Gasteiger partial charge in [-0.3, -0.25) is 4.40 Å². The second-order valence-corrected chi connectivity index (χ2v) is 8.04. The van der Waals surface area contributed by atoms with E-state index in [0.717, 1.165) is 52.4 Å². The predicted octanol–water partition coefficient (Wildman–Crippen LogP) is 5.00. The van der Waals surface area contributed by atoms with E-state index in [4.69, 9.17) is 4.98 Å². The van der Waals surface area contributed by atoms with Gasteiger partial charge in [0.1, 0.15) is 6.33 Å². The van der Waals surface area contributed by atoms with Crippen molar-refractivity contribution >= 4 is 34.3 Å². The van der Waals surface area contributed by atoms with Crippen LogP contribution in [0.4, 0.5) is 11.6 Å². The zero-order chi connectivity index (χ0) is 20.7. The summed E-state index contributed by atoms with van der Waals surface area (Å²) >= 11 is 0. The summed E-state index contributed by atoms with van der Waals surface area (Å²) < 4.78 is 2.03. The zero-order valence-electron chi connectivity index (χ0n) is 17.5. The molecule has 1 fully saturated rings. The van der Waals surface area contributed by atoms with Crippen LogP contribution in [0.3, 0.4) is 0 Å². The first-order valence-electron chi connectivity index (χ1n) is 10.5. The summed E-state index contributed by atoms with van der Waals surface area (Å²) in [4.78, 5) is 7.49. The Morgan fingerprint density at radius 3 is 2.77 bits per heavy atom. The number of aromatic nitrogens is 4. The van der Waals surface area contributed by atoms with Gasteiger partial charge >= 0.3 is 0 Å². The highest BCUT2D eigenvalue weighted by Crippen LogP contribution is 2.32. The van der Waals surface area contributed by atoms with Crippen molar-refractivity contribution in [2.45, 2.75) is 32.7 Å². The molecule has 30 heavy (non-hydrogen) atoms. The molecule has 1 N–H and O–H groups in total. The molecule has 0 amide bonds. The van der Waals surface area contributed by atoms with E-state index in [2.05, 4.69) is 65.1 Å². The van der Waals surface area contributed by atoms with Crippen LogP contribution in [-0.4, -0.2) is 32.7 Å². The Hall–Kier alpha value is -3.41. The third kappa shape index (κ3) is 3.09. The molecule has 0 aliphatic carbocycles. The zero-order valence-corrected chi connectivity index (χ0v) is 17.5. The van der Waals surface area contributed by atoms with E-state index in [0.29, 0.717) is 0 Å². The van der Waals surface area contributed by atoms with Crippen molar-refractivity contribution in [3.8, 4) is 0 Å². The van der Waals surface area contributed by atoms with Crippen LogP contribution in [0.2, 0.25) is 0 Å². The molecule has 0 spiro atoms. The van der Waals surface area contributed by atoms with E-state index in [-0.39, 0.29) is 6.04 Å². The Morgan fingerprint density at radius 1 is 1.17 bits per heavy atom. The molecule has 0 radical (unpaired) electrons. The Kier molecular flexibility index (Phi) is 4.62. The lowest BCUT2D eigenvalue weighted by molar-refractivity contribution is 0.868. The Balaban J connectivity index is 1.67. The number of hydrogen-bond acceptors (Lipinski definition) is 5. The number of hydrogen-bond donors (Lipinski definition) is 1. The number of benzene rings is 2. The Morgan fingerprint density at radius 2 is 1.97 bits per heavy atom. The molecule has 2 aromatic heterocycles. The fraction of sp³-hybridized carbons (Fsp3) is 0.292. The lowest BCUT2D eigenvalue weighted by atomic mass is 10.0. The fourth-order valence-corrected chi connectivity index (χ4v) is 4.41. The van der Waals surface area contributed by atoms with Gasteiger partial charge in [-0.15, -0.1) is 10.2 Å². The summed E-state index contributed by atoms with van der Waals surface area (Å²) in [5.74, 6) is 0.934. The van der Waals surface area contributed by atoms with Crippen molar-refractivity contribution in [2.24, 2.45) is 0 Å². The van der Waals surface area contributed by atoms with Crippen molar-refractivity contribution in [3.63, 3.8) is 0 Å². The summed E-state index contributed by atoms with van der Waals surface area (Å²) in [6, 6.07) is 12.7. The summed E-state index contributed by atoms with van der Waals surface area (Å²) in [5, 5.41) is 13.3. The quantitative estimate of drug-likeness (QED) is 0.512. The van der Waals surface area contributed by atoms with E-state index in [9.17, 15) is 0 Å². The topological polar surface area (TPSA) is 58.4 Å². The molecule has 0 saturated carbocycles. The summed E-state index contributed by atoms with van der Waals surface area (Å²) in [6.07, 6.45) is 6.05. The molecular formula is C24H26N6. The van der Waals surface area contributed by atoms with E-state index in [1.165, 1.54) is 18.4 Å². The number of para-hydroxylation sites is 1. The molecular weight excluding hydrogens is 372 g/mol. The minimum absolute atomic E-state index is 0.0674. The first kappa shape index (κ1) is 18.6. The van der Waals surface area contributed by atoms with E-state index in [1.54, 1.807) is 6.33 Å². The van der Waals surface area contributed by atoms with Gasteiger partial charge < -0.3 is 10.2 Å². The third-order valence-electron chi connectivity index (χ3n) is 5.91. The third-order valence-corrected chi connectivity index (χ3v) is 5.91. The summed E-state index contributed by atoms with van der Waals surface area (Å²) in [5.41, 5.74) is 6.35. The molecule has 0 bridgehead atoms. The molecule has 1 saturated heterocycles. The molecule has 5 rings (SSSR count). The van der Waals surface area contributed by atoms with Gasteiger partial charge in [-0.2, -0.15) is 0 Å². The van der Waals surface area contributed by atoms with Crippen LogP contribution < -0.4 is 10.2 Å². The smallest absolute Gasteiger partial charge is 0.213 e. The number of fused-ring (bicyclic) bond motifs is 3. The number of anilines is 2. The second kappa shape index (κ2) is 7.44. The number of aryl methyl sites for hydroxylation is 1. The van der Waals surface area contributed by atoms with E-state index < -0.39 is 0 Å². The van der Waals surface area contributed by atoms with Crippen molar-refractivity contribution in [3.05, 3.63) is 66.0 Å². The maximum Gasteiger partial charge on any atom is 0.213 e. The van der Waals surface area contributed by atoms with Crippen molar-refractivity contribution < 1.29 is 0 Å². The van der Waals surface area contributed by atoms with Gasteiger partial charge in [0.15, 0.2) is 5.65 Å². The largest absolute Gasteiger partial charge is 0.378 e. The van der Waals surface area contributed by atoms with Gasteiger partial charge in [0, 0.05) is 29.7 Å². The molecule has 6 nitrogen and oxygen atoms in total. The first-order valence-corrected chi connectivity index (χ1v) is 10.5. The fourth-order valence-electron chi connectivity index (χ4n) is 4.41. The minimum atomic E-state index is 0.0674. The average Bonchev–Trinajstić information content (AvgIpc) is 3.45. The monoisotopic (exact) mass is 398 g/mol. The first-order chi connectivity index (χ1) is 14.7. The van der Waals surface area contributed by atoms with Crippen LogP contribution in [0.25, 0.3) is 22.6 Å². The van der Waals surface area contributed by atoms with Gasteiger partial charge in [0.25, 0.3) is 0 Å². The molecule has 1 unspecified atom stereocenters. The Labute approximate surface area is 176 Å². The molecule has 6 heteroatoms. The van der Waals surface area contributed by atoms with Gasteiger partial charge in [-0.1, -0.05) is 36.9 Å². The number of nitrogens with one attached hydrogen (secondary N) is 1. The normalized spacial score (nSPS) is 15.1. The molecule has 152 valence electrons. The molecule has 1 atom stereocenters. The van der Waals surface area contributed by atoms with Crippen molar-refractivity contribution in [2.75, 3.05) is 23.3 Å². The van der Waals surface area contributed by atoms with Crippen LogP contribution in [0, 0.1) is 6.92 Å². The Bertz CT molecular complexity index is 1240. The van der Waals surface area contributed by atoms with Crippen LogP contribution in [0.1, 0.15) is 42.5 Å². The van der Waals surface area contributed by atoms with Crippen molar-refractivity contribution in [1.82, 2.24) is 19.6 Å². The van der Waals surface area contributed by atoms with Gasteiger partial charge in [-0.05, 0) is 49.9 Å². The molecule has 4 aromatic rings. The van der Waals surface area contributed by atoms with Gasteiger partial charge in [0.05, 0.1) is 11.6 Å². The van der Waals surface area contributed by atoms with Crippen molar-refractivity contribution in [1.29, 1.82) is 0 Å². The van der Waals surface area contributed by atoms with Crippen LogP contribution in [0.15, 0.2) is 49.3 Å². The van der Waals surface area contributed by atoms with E-state index >= 15 is 0 Å². The van der Waals surface area contributed by atoms with Gasteiger partial charge in [0.2, 0.25) is 5.95 Å². The number of rotatable bonds is 5. The molecule has 2 aromatic carbocycles. The standard InChI is InChI=1S/C24H26N6/c1-4-18-9-5-6-10-21(18)26-17(3)19-13-16(2)14-20-22(19)27-24(29-11-7-8-12-29)30-15-25-28-23(20)30/h4-6,9-10,13-15,17,26H,1,7-8,11-12H2,2-3H3. The van der Waals surface area contributed by atoms with Crippen LogP contribution in [0.5, 0.6) is 0 Å². The average molecular weight is 399 g/mol. The molecule has 3 heterocycles. The summed E-state index contributed by atoms with van der Waals surface area (Å²) in [7, 11) is 0. The molecule has 1 aliphatic rings. The minimum Gasteiger partial charge on any atom is -0.378 e. The van der Waals surface area contributed by atoms with Gasteiger partial charge in [-0.25, -0.2) is 4.98 Å². The maximum atomic E-state index is 5.15. The SMILES string of the molecule is C=Cc1ccccc1NC(C)c1cc(C)cc2c1nc(N1CCCC1)n1cnnc21. The van der Waals surface area contributed by atoms with Crippen LogP contribution in [-0.2, 0) is 0 Å². The predicted molar refractivity (Wildman–Crippen MR) is 123 cm³/mol.